The Bertz CT molecular complexity index is 536. The maximum absolute atomic E-state index is 12.7. The van der Waals surface area contributed by atoms with Crippen LogP contribution in [-0.4, -0.2) is 16.2 Å². The van der Waals surface area contributed by atoms with Crippen LogP contribution < -0.4 is 0 Å². The van der Waals surface area contributed by atoms with Crippen molar-refractivity contribution in [2.75, 3.05) is 0 Å². The zero-order chi connectivity index (χ0) is 14.4. The van der Waals surface area contributed by atoms with Gasteiger partial charge in [-0.1, -0.05) is 0 Å². The van der Waals surface area contributed by atoms with Gasteiger partial charge in [0.25, 0.3) is 0 Å². The van der Waals surface area contributed by atoms with Crippen LogP contribution in [0.1, 0.15) is 30.4 Å². The molecule has 0 spiro atoms. The molecule has 1 aliphatic carbocycles. The molecule has 7 heteroatoms. The zero-order valence-corrected chi connectivity index (χ0v) is 11.2. The molecule has 2 N–H and O–H groups in total. The minimum absolute atomic E-state index is 0.0524. The molecule has 2 rings (SSSR count). The van der Waals surface area contributed by atoms with E-state index in [1.807, 2.05) is 0 Å². The molecule has 19 heavy (non-hydrogen) atoms. The molecule has 0 aliphatic heterocycles. The Morgan fingerprint density at radius 1 is 1.37 bits per heavy atom. The first-order valence-electron chi connectivity index (χ1n) is 5.48. The predicted octanol–water partition coefficient (Wildman–Crippen LogP) is 3.68. The van der Waals surface area contributed by atoms with E-state index in [1.54, 1.807) is 0 Å². The molecule has 0 bridgehead atoms. The third-order valence-corrected chi connectivity index (χ3v) is 3.91. The quantitative estimate of drug-likeness (QED) is 0.883. The summed E-state index contributed by atoms with van der Waals surface area (Å²) in [5.74, 6) is -1.41. The van der Waals surface area contributed by atoms with Crippen molar-refractivity contribution in [1.29, 1.82) is 0 Å². The molecule has 0 aromatic heterocycles. The van der Waals surface area contributed by atoms with Crippen molar-refractivity contribution in [1.82, 2.24) is 0 Å². The lowest BCUT2D eigenvalue weighted by atomic mass is 9.90. The lowest BCUT2D eigenvalue weighted by molar-refractivity contribution is -0.138. The molecule has 1 saturated carbocycles. The van der Waals surface area contributed by atoms with Crippen molar-refractivity contribution in [2.45, 2.75) is 30.9 Å². The summed E-state index contributed by atoms with van der Waals surface area (Å²) in [7, 11) is 0. The average molecular weight is 339 g/mol. The first-order chi connectivity index (χ1) is 8.66. The molecule has 0 heterocycles. The summed E-state index contributed by atoms with van der Waals surface area (Å²) in [6.45, 7) is 0. The van der Waals surface area contributed by atoms with Gasteiger partial charge in [-0.3, -0.25) is 4.79 Å². The summed E-state index contributed by atoms with van der Waals surface area (Å²) in [4.78, 5) is 10.8. The van der Waals surface area contributed by atoms with E-state index >= 15 is 0 Å². The molecule has 0 amide bonds. The summed E-state index contributed by atoms with van der Waals surface area (Å²) in [5, 5.41) is 18.7. The second-order valence-corrected chi connectivity index (χ2v) is 5.56. The number of carboxylic acids is 1. The Labute approximate surface area is 115 Å². The molecule has 1 fully saturated rings. The van der Waals surface area contributed by atoms with Crippen LogP contribution in [0, 0.1) is 0 Å². The summed E-state index contributed by atoms with van der Waals surface area (Å²) in [6, 6.07) is 1.63. The second-order valence-electron chi connectivity index (χ2n) is 4.70. The van der Waals surface area contributed by atoms with E-state index in [0.29, 0.717) is 12.8 Å². The lowest BCUT2D eigenvalue weighted by Crippen LogP contribution is -2.15. The van der Waals surface area contributed by atoms with Gasteiger partial charge in [-0.25, -0.2) is 0 Å². The molecule has 0 radical (unpaired) electrons. The van der Waals surface area contributed by atoms with Gasteiger partial charge in [0.1, 0.15) is 5.75 Å². The van der Waals surface area contributed by atoms with Crippen LogP contribution >= 0.6 is 15.9 Å². The molecule has 0 unspecified atom stereocenters. The molecule has 104 valence electrons. The monoisotopic (exact) mass is 338 g/mol. The maximum Gasteiger partial charge on any atom is 0.416 e. The smallest absolute Gasteiger partial charge is 0.416 e. The predicted molar refractivity (Wildman–Crippen MR) is 64.0 cm³/mol. The van der Waals surface area contributed by atoms with Crippen molar-refractivity contribution in [3.63, 3.8) is 0 Å². The van der Waals surface area contributed by atoms with E-state index in [1.165, 1.54) is 0 Å². The number of aliphatic carboxylic acids is 1. The van der Waals surface area contributed by atoms with E-state index in [0.717, 1.165) is 12.1 Å². The highest BCUT2D eigenvalue weighted by atomic mass is 79.9. The van der Waals surface area contributed by atoms with Crippen molar-refractivity contribution in [2.24, 2.45) is 0 Å². The Hall–Kier alpha value is -1.24. The lowest BCUT2D eigenvalue weighted by Gasteiger charge is -2.18. The van der Waals surface area contributed by atoms with E-state index in [2.05, 4.69) is 15.9 Å². The van der Waals surface area contributed by atoms with Crippen molar-refractivity contribution in [3.05, 3.63) is 27.7 Å². The number of halogens is 4. The first kappa shape index (κ1) is 14.2. The third kappa shape index (κ3) is 2.70. The fraction of sp³-hybridized carbons (Fsp3) is 0.417. The fourth-order valence-corrected chi connectivity index (χ4v) is 2.61. The highest BCUT2D eigenvalue weighted by molar-refractivity contribution is 9.10. The van der Waals surface area contributed by atoms with Crippen LogP contribution in [0.3, 0.4) is 0 Å². The topological polar surface area (TPSA) is 57.5 Å². The van der Waals surface area contributed by atoms with Crippen LogP contribution in [-0.2, 0) is 16.4 Å². The number of alkyl halides is 3. The Kier molecular flexibility index (Phi) is 3.28. The van der Waals surface area contributed by atoms with Gasteiger partial charge in [0.2, 0.25) is 0 Å². The van der Waals surface area contributed by atoms with Gasteiger partial charge >= 0.3 is 12.1 Å². The third-order valence-electron chi connectivity index (χ3n) is 3.31. The Balaban J connectivity index is 2.51. The number of benzene rings is 1. The fourth-order valence-electron chi connectivity index (χ4n) is 2.15. The largest absolute Gasteiger partial charge is 0.506 e. The van der Waals surface area contributed by atoms with Crippen LogP contribution in [0.15, 0.2) is 16.6 Å². The number of phenols is 1. The van der Waals surface area contributed by atoms with Crippen LogP contribution in [0.25, 0.3) is 0 Å². The molecule has 1 aromatic rings. The maximum atomic E-state index is 12.7. The van der Waals surface area contributed by atoms with E-state index in [9.17, 15) is 23.1 Å². The number of carboxylic acid groups (broad SMARTS) is 1. The SMILES string of the molecule is O=C(O)CC1(c2cc(C(F)(F)F)cc(Br)c2O)CC1. The first-order valence-corrected chi connectivity index (χ1v) is 6.27. The van der Waals surface area contributed by atoms with Gasteiger partial charge < -0.3 is 10.2 Å². The van der Waals surface area contributed by atoms with Gasteiger partial charge in [-0.2, -0.15) is 13.2 Å². The molecule has 3 nitrogen and oxygen atoms in total. The molecule has 1 aromatic carbocycles. The highest BCUT2D eigenvalue weighted by Crippen LogP contribution is 2.55. The Morgan fingerprint density at radius 2 is 1.95 bits per heavy atom. The number of phenolic OH excluding ortho intramolecular Hbond substituents is 1. The molecule has 0 saturated heterocycles. The normalized spacial score (nSPS) is 17.3. The van der Waals surface area contributed by atoms with Crippen LogP contribution in [0.2, 0.25) is 0 Å². The standard InChI is InChI=1S/C12H10BrF3O3/c13-8-4-6(12(14,15)16)3-7(10(8)19)11(1-2-11)5-9(17)18/h3-4,19H,1-2,5H2,(H,17,18). The summed E-state index contributed by atoms with van der Waals surface area (Å²) in [6.07, 6.45) is -3.90. The minimum atomic E-state index is -4.54. The number of aromatic hydroxyl groups is 1. The molecular weight excluding hydrogens is 329 g/mol. The van der Waals surface area contributed by atoms with Gasteiger partial charge in [-0.05, 0) is 40.9 Å². The minimum Gasteiger partial charge on any atom is -0.506 e. The number of hydrogen-bond donors (Lipinski definition) is 2. The summed E-state index contributed by atoms with van der Waals surface area (Å²) < 4.78 is 38.1. The molecule has 0 atom stereocenters. The summed E-state index contributed by atoms with van der Waals surface area (Å²) >= 11 is 2.88. The van der Waals surface area contributed by atoms with E-state index < -0.39 is 23.1 Å². The average Bonchev–Trinajstić information content (AvgIpc) is 3.00. The van der Waals surface area contributed by atoms with E-state index in [4.69, 9.17) is 5.11 Å². The van der Waals surface area contributed by atoms with E-state index in [-0.39, 0.29) is 22.2 Å². The zero-order valence-electron chi connectivity index (χ0n) is 9.59. The van der Waals surface area contributed by atoms with Crippen molar-refractivity contribution < 1.29 is 28.2 Å². The van der Waals surface area contributed by atoms with Gasteiger partial charge in [0, 0.05) is 11.0 Å². The summed E-state index contributed by atoms with van der Waals surface area (Å²) in [5.41, 5.74) is -1.72. The van der Waals surface area contributed by atoms with Gasteiger partial charge in [0.05, 0.1) is 16.5 Å². The van der Waals surface area contributed by atoms with Crippen molar-refractivity contribution in [3.8, 4) is 5.75 Å². The van der Waals surface area contributed by atoms with Crippen LogP contribution in [0.4, 0.5) is 13.2 Å². The number of rotatable bonds is 3. The number of hydrogen-bond acceptors (Lipinski definition) is 2. The van der Waals surface area contributed by atoms with Crippen molar-refractivity contribution >= 4 is 21.9 Å². The van der Waals surface area contributed by atoms with Crippen LogP contribution in [0.5, 0.6) is 5.75 Å². The van der Waals surface area contributed by atoms with Gasteiger partial charge in [-0.15, -0.1) is 0 Å². The Morgan fingerprint density at radius 3 is 2.37 bits per heavy atom. The number of carbonyl (C=O) groups is 1. The molecular formula is C12H10BrF3O3. The highest BCUT2D eigenvalue weighted by Gasteiger charge is 2.49. The molecule has 1 aliphatic rings. The second kappa shape index (κ2) is 4.40. The van der Waals surface area contributed by atoms with Gasteiger partial charge in [0.15, 0.2) is 0 Å².